The van der Waals surface area contributed by atoms with Crippen molar-refractivity contribution in [3.05, 3.63) is 36.3 Å². The molecule has 3 heterocycles. The normalized spacial score (nSPS) is 11.6. The van der Waals surface area contributed by atoms with E-state index in [2.05, 4.69) is 25.1 Å². The lowest BCUT2D eigenvalue weighted by Gasteiger charge is -2.12. The molecule has 0 atom stereocenters. The summed E-state index contributed by atoms with van der Waals surface area (Å²) in [5, 5.41) is 20.9. The minimum atomic E-state index is -5.26. The quantitative estimate of drug-likeness (QED) is 0.195. The van der Waals surface area contributed by atoms with Gasteiger partial charge in [-0.2, -0.15) is 18.3 Å². The molecular formula is C19H13F3N6O5. The monoisotopic (exact) mass is 462 g/mol. The van der Waals surface area contributed by atoms with Gasteiger partial charge in [0.25, 0.3) is 0 Å². The predicted molar refractivity (Wildman–Crippen MR) is 107 cm³/mol. The molecule has 0 bridgehead atoms. The first-order valence-electron chi connectivity index (χ1n) is 9.01. The fraction of sp³-hybridized carbons (Fsp3) is 0.105. The standard InChI is InChI=1S/C19H13F3N6O5/c20-19(21,22)18(31)32-6-13(30)8-1-9(12(29)2-11(8)23)15-14-16(33-28-17(14)24)10(5-25-15)7-3-26-27-4-7/h1-5,29H,6,23H2,(H2,24,28)(H,26,27). The van der Waals surface area contributed by atoms with E-state index >= 15 is 0 Å². The third kappa shape index (κ3) is 3.88. The van der Waals surface area contributed by atoms with Crippen molar-refractivity contribution >= 4 is 34.2 Å². The number of phenolic OH excluding ortho intramolecular Hbond substituents is 1. The number of fused-ring (bicyclic) bond motifs is 1. The number of benzene rings is 1. The van der Waals surface area contributed by atoms with E-state index in [0.29, 0.717) is 11.1 Å². The molecule has 0 saturated carbocycles. The van der Waals surface area contributed by atoms with Gasteiger partial charge in [-0.25, -0.2) is 4.79 Å². The number of aromatic amines is 1. The minimum Gasteiger partial charge on any atom is -0.507 e. The number of nitrogens with one attached hydrogen (secondary N) is 1. The number of aromatic nitrogens is 4. The minimum absolute atomic E-state index is 0.0339. The number of H-pyrrole nitrogens is 1. The predicted octanol–water partition coefficient (Wildman–Crippen LogP) is 2.44. The molecule has 0 aliphatic heterocycles. The van der Waals surface area contributed by atoms with E-state index in [1.807, 2.05) is 0 Å². The summed E-state index contributed by atoms with van der Waals surface area (Å²) in [6.07, 6.45) is -0.775. The van der Waals surface area contributed by atoms with Crippen molar-refractivity contribution in [3.8, 4) is 28.1 Å². The molecule has 0 fully saturated rings. The molecule has 0 amide bonds. The highest BCUT2D eigenvalue weighted by Crippen LogP contribution is 2.40. The largest absolute Gasteiger partial charge is 0.507 e. The number of phenols is 1. The van der Waals surface area contributed by atoms with Gasteiger partial charge >= 0.3 is 12.1 Å². The number of carbonyl (C=O) groups is 2. The average molecular weight is 462 g/mol. The molecule has 4 aromatic rings. The molecule has 6 N–H and O–H groups in total. The van der Waals surface area contributed by atoms with Crippen LogP contribution < -0.4 is 11.5 Å². The van der Waals surface area contributed by atoms with Crippen molar-refractivity contribution in [2.75, 3.05) is 18.1 Å². The number of anilines is 2. The number of rotatable bonds is 5. The first kappa shape index (κ1) is 21.6. The Labute approximate surface area is 181 Å². The van der Waals surface area contributed by atoms with Gasteiger partial charge in [0.1, 0.15) is 5.75 Å². The number of hydrogen-bond donors (Lipinski definition) is 4. The average Bonchev–Trinajstić information content (AvgIpc) is 3.41. The van der Waals surface area contributed by atoms with Crippen LogP contribution in [-0.4, -0.2) is 50.0 Å². The Balaban J connectivity index is 1.78. The Morgan fingerprint density at radius 2 is 1.94 bits per heavy atom. The Hall–Kier alpha value is -4.62. The van der Waals surface area contributed by atoms with Crippen LogP contribution in [0.4, 0.5) is 24.7 Å². The smallest absolute Gasteiger partial charge is 0.490 e. The number of hydrogen-bond acceptors (Lipinski definition) is 10. The highest BCUT2D eigenvalue weighted by Gasteiger charge is 2.41. The van der Waals surface area contributed by atoms with E-state index < -0.39 is 30.3 Å². The van der Waals surface area contributed by atoms with Crippen molar-refractivity contribution in [1.82, 2.24) is 20.3 Å². The maximum absolute atomic E-state index is 12.4. The van der Waals surface area contributed by atoms with Gasteiger partial charge in [0.05, 0.1) is 17.3 Å². The third-order valence-corrected chi connectivity index (χ3v) is 4.62. The lowest BCUT2D eigenvalue weighted by molar-refractivity contribution is -0.198. The van der Waals surface area contributed by atoms with Crippen LogP contribution in [0.3, 0.4) is 0 Å². The lowest BCUT2D eigenvalue weighted by Crippen LogP contribution is -2.27. The lowest BCUT2D eigenvalue weighted by atomic mass is 9.98. The van der Waals surface area contributed by atoms with Crippen LogP contribution in [0.25, 0.3) is 33.4 Å². The van der Waals surface area contributed by atoms with Crippen LogP contribution in [0.2, 0.25) is 0 Å². The van der Waals surface area contributed by atoms with Gasteiger partial charge in [-0.15, -0.1) is 0 Å². The van der Waals surface area contributed by atoms with E-state index in [0.717, 1.165) is 12.1 Å². The van der Waals surface area contributed by atoms with Crippen molar-refractivity contribution in [2.45, 2.75) is 6.18 Å². The summed E-state index contributed by atoms with van der Waals surface area (Å²) >= 11 is 0. The number of nitrogens with zero attached hydrogens (tertiary/aromatic N) is 3. The second-order valence-corrected chi connectivity index (χ2v) is 6.73. The summed E-state index contributed by atoms with van der Waals surface area (Å²) in [7, 11) is 0. The molecule has 11 nitrogen and oxygen atoms in total. The second-order valence-electron chi connectivity index (χ2n) is 6.73. The Morgan fingerprint density at radius 3 is 2.61 bits per heavy atom. The van der Waals surface area contributed by atoms with Crippen LogP contribution in [-0.2, 0) is 9.53 Å². The Morgan fingerprint density at radius 1 is 1.18 bits per heavy atom. The molecule has 0 aliphatic rings. The molecular weight excluding hydrogens is 449 g/mol. The van der Waals surface area contributed by atoms with Gasteiger partial charge in [-0.1, -0.05) is 5.16 Å². The van der Waals surface area contributed by atoms with Crippen LogP contribution in [0.5, 0.6) is 5.75 Å². The maximum Gasteiger partial charge on any atom is 0.490 e. The molecule has 1 aromatic carbocycles. The Kier molecular flexibility index (Phi) is 5.12. The van der Waals surface area contributed by atoms with E-state index in [1.54, 1.807) is 6.20 Å². The van der Waals surface area contributed by atoms with Gasteiger partial charge in [-0.3, -0.25) is 14.9 Å². The molecule has 0 spiro atoms. The number of pyridine rings is 1. The van der Waals surface area contributed by atoms with Crippen molar-refractivity contribution < 1.29 is 37.1 Å². The van der Waals surface area contributed by atoms with E-state index in [4.69, 9.17) is 16.0 Å². The zero-order valence-electron chi connectivity index (χ0n) is 16.3. The highest BCUT2D eigenvalue weighted by atomic mass is 19.4. The molecule has 170 valence electrons. The van der Waals surface area contributed by atoms with Gasteiger partial charge in [-0.05, 0) is 6.07 Å². The van der Waals surface area contributed by atoms with Gasteiger partial charge in [0.2, 0.25) is 5.78 Å². The number of ether oxygens (including phenoxy) is 1. The number of carbonyl (C=O) groups excluding carboxylic acids is 2. The van der Waals surface area contributed by atoms with Crippen LogP contribution in [0, 0.1) is 0 Å². The molecule has 4 rings (SSSR count). The number of esters is 1. The summed E-state index contributed by atoms with van der Waals surface area (Å²) in [6.45, 7) is -1.22. The van der Waals surface area contributed by atoms with Gasteiger partial charge in [0.15, 0.2) is 18.0 Å². The number of aromatic hydroxyl groups is 1. The summed E-state index contributed by atoms with van der Waals surface area (Å²) in [5.74, 6) is -4.03. The first-order valence-corrected chi connectivity index (χ1v) is 9.01. The van der Waals surface area contributed by atoms with Crippen LogP contribution in [0.1, 0.15) is 10.4 Å². The SMILES string of the molecule is Nc1cc(O)c(-c2ncc(-c3cn[nH]c3)c3onc(N)c23)cc1C(=O)COC(=O)C(F)(F)F. The summed E-state index contributed by atoms with van der Waals surface area (Å²) in [4.78, 5) is 27.6. The van der Waals surface area contributed by atoms with E-state index in [1.165, 1.54) is 12.4 Å². The fourth-order valence-electron chi connectivity index (χ4n) is 3.10. The molecule has 0 aliphatic carbocycles. The van der Waals surface area contributed by atoms with Crippen molar-refractivity contribution in [1.29, 1.82) is 0 Å². The van der Waals surface area contributed by atoms with Gasteiger partial charge < -0.3 is 25.8 Å². The van der Waals surface area contributed by atoms with Crippen molar-refractivity contribution in [3.63, 3.8) is 0 Å². The summed E-state index contributed by atoms with van der Waals surface area (Å²) < 4.78 is 46.3. The number of nitrogen functional groups attached to an aromatic ring is 2. The molecule has 14 heteroatoms. The Bertz CT molecular complexity index is 1380. The second kappa shape index (κ2) is 7.81. The molecule has 3 aromatic heterocycles. The number of alkyl halides is 3. The van der Waals surface area contributed by atoms with Crippen LogP contribution in [0.15, 0.2) is 35.2 Å². The molecule has 0 unspecified atom stereocenters. The fourth-order valence-corrected chi connectivity index (χ4v) is 3.10. The topological polar surface area (TPSA) is 183 Å². The molecule has 0 saturated heterocycles. The molecule has 33 heavy (non-hydrogen) atoms. The summed E-state index contributed by atoms with van der Waals surface area (Å²) in [5.41, 5.74) is 12.4. The van der Waals surface area contributed by atoms with Gasteiger partial charge in [0, 0.05) is 46.4 Å². The van der Waals surface area contributed by atoms with E-state index in [9.17, 15) is 27.9 Å². The number of halogens is 3. The number of Topliss-reactive ketones (excluding diaryl/α,β-unsaturated/α-hetero) is 1. The number of nitrogens with two attached hydrogens (primary N) is 2. The zero-order chi connectivity index (χ0) is 23.9. The van der Waals surface area contributed by atoms with Crippen molar-refractivity contribution in [2.24, 2.45) is 0 Å². The molecule has 0 radical (unpaired) electrons. The first-order chi connectivity index (χ1) is 15.6. The van der Waals surface area contributed by atoms with E-state index in [-0.39, 0.29) is 39.3 Å². The highest BCUT2D eigenvalue weighted by molar-refractivity contribution is 6.08. The zero-order valence-corrected chi connectivity index (χ0v) is 16.3. The summed E-state index contributed by atoms with van der Waals surface area (Å²) in [6, 6.07) is 2.11. The maximum atomic E-state index is 12.4. The van der Waals surface area contributed by atoms with Crippen LogP contribution >= 0.6 is 0 Å². The number of ketones is 1. The third-order valence-electron chi connectivity index (χ3n) is 4.62.